The minimum Gasteiger partial charge on any atom is -0.457 e. The third-order valence-electron chi connectivity index (χ3n) is 3.28. The van der Waals surface area contributed by atoms with Crippen LogP contribution in [0.1, 0.15) is 42.3 Å². The summed E-state index contributed by atoms with van der Waals surface area (Å²) < 4.78 is 27.5. The number of thiophene rings is 1. The van der Waals surface area contributed by atoms with Gasteiger partial charge in [-0.25, -0.2) is 18.4 Å². The van der Waals surface area contributed by atoms with Gasteiger partial charge in [-0.15, -0.1) is 11.3 Å². The van der Waals surface area contributed by atoms with E-state index in [-0.39, 0.29) is 21.8 Å². The fraction of sp³-hybridized carbons (Fsp3) is 0.312. The van der Waals surface area contributed by atoms with Crippen molar-refractivity contribution in [2.75, 3.05) is 0 Å². The first-order valence-corrected chi connectivity index (χ1v) is 9.38. The van der Waals surface area contributed by atoms with Crippen LogP contribution in [0, 0.1) is 0 Å². The average Bonchev–Trinajstić information content (AvgIpc) is 2.94. The van der Waals surface area contributed by atoms with Gasteiger partial charge in [0.25, 0.3) is 0 Å². The molecule has 23 heavy (non-hydrogen) atoms. The van der Waals surface area contributed by atoms with Crippen LogP contribution >= 0.6 is 11.3 Å². The van der Waals surface area contributed by atoms with E-state index in [0.717, 1.165) is 16.9 Å². The van der Waals surface area contributed by atoms with Crippen LogP contribution in [0.4, 0.5) is 0 Å². The van der Waals surface area contributed by atoms with Crippen LogP contribution < -0.4 is 5.14 Å². The maximum absolute atomic E-state index is 11.9. The number of nitrogens with two attached hydrogens (primary N) is 1. The van der Waals surface area contributed by atoms with Gasteiger partial charge in [-0.3, -0.25) is 0 Å². The fourth-order valence-corrected chi connectivity index (χ4v) is 3.48. The number of hydrogen-bond donors (Lipinski definition) is 1. The first-order chi connectivity index (χ1) is 10.6. The minimum atomic E-state index is -3.79. The zero-order valence-corrected chi connectivity index (χ0v) is 14.8. The minimum absolute atomic E-state index is 0.0565. The van der Waals surface area contributed by atoms with Crippen molar-refractivity contribution in [3.8, 4) is 0 Å². The zero-order chi connectivity index (χ0) is 17.3. The molecule has 0 aliphatic heterocycles. The second-order valence-corrected chi connectivity index (χ2v) is 8.92. The van der Waals surface area contributed by atoms with Crippen LogP contribution in [-0.2, 0) is 26.8 Å². The second kappa shape index (κ2) is 6.43. The van der Waals surface area contributed by atoms with Crippen molar-refractivity contribution in [1.82, 2.24) is 0 Å². The zero-order valence-electron chi connectivity index (χ0n) is 13.2. The fourth-order valence-electron chi connectivity index (χ4n) is 1.91. The molecule has 0 saturated heterocycles. The molecule has 0 spiro atoms. The Balaban J connectivity index is 2.01. The highest BCUT2D eigenvalue weighted by Gasteiger charge is 2.17. The van der Waals surface area contributed by atoms with Gasteiger partial charge in [0.2, 0.25) is 10.0 Å². The number of rotatable bonds is 4. The Labute approximate surface area is 140 Å². The van der Waals surface area contributed by atoms with Crippen molar-refractivity contribution >= 4 is 27.3 Å². The number of carbonyl (C=O) groups excluding carboxylic acids is 1. The van der Waals surface area contributed by atoms with E-state index in [4.69, 9.17) is 9.88 Å². The van der Waals surface area contributed by atoms with Crippen molar-refractivity contribution < 1.29 is 17.9 Å². The highest BCUT2D eigenvalue weighted by Crippen LogP contribution is 2.23. The normalized spacial score (nSPS) is 12.2. The number of carbonyl (C=O) groups is 1. The predicted octanol–water partition coefficient (Wildman–Crippen LogP) is 3.05. The molecule has 0 unspecified atom stereocenters. The molecule has 0 saturated carbocycles. The molecule has 2 N–H and O–H groups in total. The molecule has 0 fully saturated rings. The summed E-state index contributed by atoms with van der Waals surface area (Å²) in [6, 6.07) is 9.07. The third kappa shape index (κ3) is 4.63. The molecule has 5 nitrogen and oxygen atoms in total. The molecule has 1 aromatic heterocycles. The summed E-state index contributed by atoms with van der Waals surface area (Å²) >= 11 is 0.897. The van der Waals surface area contributed by atoms with E-state index >= 15 is 0 Å². The van der Waals surface area contributed by atoms with E-state index in [1.165, 1.54) is 17.0 Å². The average molecular weight is 353 g/mol. The maximum Gasteiger partial charge on any atom is 0.339 e. The van der Waals surface area contributed by atoms with Crippen molar-refractivity contribution in [3.05, 3.63) is 52.4 Å². The SMILES string of the molecule is CC(C)(C)c1ccc(COC(=O)c2csc(S(N)(=O)=O)c2)cc1. The molecule has 124 valence electrons. The molecule has 1 aromatic carbocycles. The lowest BCUT2D eigenvalue weighted by molar-refractivity contribution is 0.0473. The molecule has 2 aromatic rings. The van der Waals surface area contributed by atoms with E-state index in [9.17, 15) is 13.2 Å². The molecule has 0 atom stereocenters. The van der Waals surface area contributed by atoms with E-state index in [0.29, 0.717) is 0 Å². The number of ether oxygens (including phenoxy) is 1. The summed E-state index contributed by atoms with van der Waals surface area (Å²) in [7, 11) is -3.79. The van der Waals surface area contributed by atoms with Gasteiger partial charge in [0.15, 0.2) is 0 Å². The summed E-state index contributed by atoms with van der Waals surface area (Å²) in [5.74, 6) is -0.573. The highest BCUT2D eigenvalue weighted by molar-refractivity contribution is 7.91. The highest BCUT2D eigenvalue weighted by atomic mass is 32.2. The van der Waals surface area contributed by atoms with Crippen LogP contribution in [0.25, 0.3) is 0 Å². The van der Waals surface area contributed by atoms with Crippen LogP contribution in [0.3, 0.4) is 0 Å². The summed E-state index contributed by atoms with van der Waals surface area (Å²) in [6.07, 6.45) is 0. The first-order valence-electron chi connectivity index (χ1n) is 6.95. The number of sulfonamides is 1. The first kappa shape index (κ1) is 17.7. The number of esters is 1. The quantitative estimate of drug-likeness (QED) is 0.856. The van der Waals surface area contributed by atoms with E-state index < -0.39 is 16.0 Å². The van der Waals surface area contributed by atoms with Crippen molar-refractivity contribution in [2.45, 2.75) is 37.0 Å². The molecular weight excluding hydrogens is 334 g/mol. The number of primary sulfonamides is 1. The number of hydrogen-bond acceptors (Lipinski definition) is 5. The van der Waals surface area contributed by atoms with Crippen LogP contribution in [0.2, 0.25) is 0 Å². The molecule has 0 bridgehead atoms. The molecule has 1 heterocycles. The smallest absolute Gasteiger partial charge is 0.339 e. The van der Waals surface area contributed by atoms with E-state index in [2.05, 4.69) is 20.8 Å². The third-order valence-corrected chi connectivity index (χ3v) is 5.67. The lowest BCUT2D eigenvalue weighted by Gasteiger charge is -2.19. The molecule has 0 aliphatic rings. The molecule has 0 radical (unpaired) electrons. The topological polar surface area (TPSA) is 86.5 Å². The Morgan fingerprint density at radius 1 is 1.22 bits per heavy atom. The molecule has 7 heteroatoms. The van der Waals surface area contributed by atoms with Gasteiger partial charge in [0.05, 0.1) is 5.56 Å². The van der Waals surface area contributed by atoms with Crippen molar-refractivity contribution in [3.63, 3.8) is 0 Å². The molecule has 0 aliphatic carbocycles. The largest absolute Gasteiger partial charge is 0.457 e. The van der Waals surface area contributed by atoms with Crippen LogP contribution in [0.15, 0.2) is 39.9 Å². The Kier molecular flexibility index (Phi) is 4.93. The lowest BCUT2D eigenvalue weighted by Crippen LogP contribution is -2.11. The molecular formula is C16H19NO4S2. The van der Waals surface area contributed by atoms with Crippen molar-refractivity contribution in [2.24, 2.45) is 5.14 Å². The second-order valence-electron chi connectivity index (χ2n) is 6.22. The van der Waals surface area contributed by atoms with Gasteiger partial charge in [-0.1, -0.05) is 45.0 Å². The standard InChI is InChI=1S/C16H19NO4S2/c1-16(2,3)13-6-4-11(5-7-13)9-21-15(18)12-8-14(22-10-12)23(17,19)20/h4-8,10H,9H2,1-3H3,(H2,17,19,20). The van der Waals surface area contributed by atoms with Gasteiger partial charge < -0.3 is 4.74 Å². The monoisotopic (exact) mass is 353 g/mol. The van der Waals surface area contributed by atoms with Crippen LogP contribution in [0.5, 0.6) is 0 Å². The van der Waals surface area contributed by atoms with Gasteiger partial charge >= 0.3 is 5.97 Å². The Morgan fingerprint density at radius 3 is 2.30 bits per heavy atom. The van der Waals surface area contributed by atoms with E-state index in [1.54, 1.807) is 0 Å². The Hall–Kier alpha value is -1.70. The van der Waals surface area contributed by atoms with Gasteiger partial charge in [-0.2, -0.15) is 0 Å². The number of benzene rings is 1. The Bertz CT molecular complexity index is 799. The Morgan fingerprint density at radius 2 is 1.83 bits per heavy atom. The lowest BCUT2D eigenvalue weighted by atomic mass is 9.87. The van der Waals surface area contributed by atoms with Gasteiger partial charge in [0.1, 0.15) is 10.8 Å². The van der Waals surface area contributed by atoms with Crippen molar-refractivity contribution in [1.29, 1.82) is 0 Å². The van der Waals surface area contributed by atoms with Crippen LogP contribution in [-0.4, -0.2) is 14.4 Å². The molecule has 2 rings (SSSR count). The summed E-state index contributed by atoms with van der Waals surface area (Å²) in [5.41, 5.74) is 2.32. The summed E-state index contributed by atoms with van der Waals surface area (Å²) in [4.78, 5) is 11.9. The predicted molar refractivity (Wildman–Crippen MR) is 90.0 cm³/mol. The van der Waals surface area contributed by atoms with E-state index in [1.807, 2.05) is 24.3 Å². The molecule has 0 amide bonds. The van der Waals surface area contributed by atoms with Gasteiger partial charge in [0, 0.05) is 5.38 Å². The summed E-state index contributed by atoms with van der Waals surface area (Å²) in [5, 5.41) is 6.44. The summed E-state index contributed by atoms with van der Waals surface area (Å²) in [6.45, 7) is 6.51. The van der Waals surface area contributed by atoms with Gasteiger partial charge in [-0.05, 0) is 22.6 Å². The maximum atomic E-state index is 11.9.